The molecule has 90 valence electrons. The van der Waals surface area contributed by atoms with Crippen molar-refractivity contribution in [2.24, 2.45) is 0 Å². The molecule has 0 fully saturated rings. The standard InChI is InChI=1S/C9H7F3N4O/c10-9(11,12)8(17)6-1-2-7(14-3-6)16-5-13-4-15-16/h1-5,8,17H/t8-/m0/s1. The van der Waals surface area contributed by atoms with Crippen LogP contribution in [-0.2, 0) is 0 Å². The third kappa shape index (κ3) is 2.41. The van der Waals surface area contributed by atoms with Crippen molar-refractivity contribution in [1.29, 1.82) is 0 Å². The summed E-state index contributed by atoms with van der Waals surface area (Å²) < 4.78 is 37.9. The molecule has 2 aromatic heterocycles. The number of aromatic nitrogens is 4. The number of hydrogen-bond acceptors (Lipinski definition) is 4. The molecule has 2 heterocycles. The van der Waals surface area contributed by atoms with Gasteiger partial charge in [0.15, 0.2) is 11.9 Å². The maximum Gasteiger partial charge on any atom is 0.418 e. The zero-order valence-corrected chi connectivity index (χ0v) is 8.33. The predicted octanol–water partition coefficient (Wildman–Crippen LogP) is 1.26. The molecule has 0 saturated heterocycles. The van der Waals surface area contributed by atoms with E-state index in [-0.39, 0.29) is 5.56 Å². The van der Waals surface area contributed by atoms with E-state index in [1.807, 2.05) is 0 Å². The van der Waals surface area contributed by atoms with Gasteiger partial charge in [-0.2, -0.15) is 18.3 Å². The number of hydrogen-bond donors (Lipinski definition) is 1. The molecule has 8 heteroatoms. The molecule has 2 aromatic rings. The molecule has 0 spiro atoms. The summed E-state index contributed by atoms with van der Waals surface area (Å²) in [6.07, 6.45) is -3.63. The minimum Gasteiger partial charge on any atom is -0.379 e. The molecule has 0 aliphatic carbocycles. The van der Waals surface area contributed by atoms with Crippen LogP contribution in [0.5, 0.6) is 0 Å². The van der Waals surface area contributed by atoms with Gasteiger partial charge in [0.25, 0.3) is 0 Å². The van der Waals surface area contributed by atoms with Crippen molar-refractivity contribution in [2.45, 2.75) is 12.3 Å². The van der Waals surface area contributed by atoms with E-state index < -0.39 is 12.3 Å². The van der Waals surface area contributed by atoms with E-state index >= 15 is 0 Å². The first-order chi connectivity index (χ1) is 7.98. The maximum absolute atomic E-state index is 12.2. The maximum atomic E-state index is 12.2. The highest BCUT2D eigenvalue weighted by Gasteiger charge is 2.39. The molecule has 0 amide bonds. The third-order valence-corrected chi connectivity index (χ3v) is 2.05. The Morgan fingerprint density at radius 3 is 2.53 bits per heavy atom. The summed E-state index contributed by atoms with van der Waals surface area (Å²) in [5.41, 5.74) is -0.318. The monoisotopic (exact) mass is 244 g/mol. The highest BCUT2D eigenvalue weighted by Crippen LogP contribution is 2.31. The molecular weight excluding hydrogens is 237 g/mol. The van der Waals surface area contributed by atoms with Gasteiger partial charge in [-0.25, -0.2) is 14.6 Å². The Morgan fingerprint density at radius 2 is 2.06 bits per heavy atom. The number of aliphatic hydroxyl groups excluding tert-OH is 1. The second-order valence-corrected chi connectivity index (χ2v) is 3.23. The average molecular weight is 244 g/mol. The van der Waals surface area contributed by atoms with Gasteiger partial charge in [0.2, 0.25) is 0 Å². The minimum atomic E-state index is -4.70. The number of alkyl halides is 3. The fraction of sp³-hybridized carbons (Fsp3) is 0.222. The number of nitrogens with zero attached hydrogens (tertiary/aromatic N) is 4. The lowest BCUT2D eigenvalue weighted by molar-refractivity contribution is -0.206. The van der Waals surface area contributed by atoms with Crippen molar-refractivity contribution in [3.05, 3.63) is 36.5 Å². The number of aliphatic hydroxyl groups is 1. The minimum absolute atomic E-state index is 0.318. The third-order valence-electron chi connectivity index (χ3n) is 2.05. The first-order valence-corrected chi connectivity index (χ1v) is 4.54. The zero-order chi connectivity index (χ0) is 12.5. The quantitative estimate of drug-likeness (QED) is 0.863. The van der Waals surface area contributed by atoms with E-state index in [9.17, 15) is 13.2 Å². The fourth-order valence-electron chi connectivity index (χ4n) is 1.21. The number of pyridine rings is 1. The average Bonchev–Trinajstić information content (AvgIpc) is 2.80. The fourth-order valence-corrected chi connectivity index (χ4v) is 1.21. The van der Waals surface area contributed by atoms with Gasteiger partial charge in [0, 0.05) is 11.8 Å². The molecule has 17 heavy (non-hydrogen) atoms. The molecule has 0 saturated carbocycles. The van der Waals surface area contributed by atoms with Crippen LogP contribution < -0.4 is 0 Å². The normalized spacial score (nSPS) is 13.6. The van der Waals surface area contributed by atoms with Crippen LogP contribution in [-0.4, -0.2) is 31.0 Å². The molecule has 0 bridgehead atoms. The molecular formula is C9H7F3N4O. The smallest absolute Gasteiger partial charge is 0.379 e. The van der Waals surface area contributed by atoms with Gasteiger partial charge in [-0.1, -0.05) is 6.07 Å². The molecule has 2 rings (SSSR count). The Labute approximate surface area is 93.6 Å². The van der Waals surface area contributed by atoms with E-state index in [1.165, 1.54) is 23.4 Å². The highest BCUT2D eigenvalue weighted by atomic mass is 19.4. The van der Waals surface area contributed by atoms with Crippen LogP contribution in [0.4, 0.5) is 13.2 Å². The Bertz CT molecular complexity index is 480. The Hall–Kier alpha value is -1.96. The van der Waals surface area contributed by atoms with Crippen molar-refractivity contribution in [3.63, 3.8) is 0 Å². The van der Waals surface area contributed by atoms with Crippen LogP contribution >= 0.6 is 0 Å². The van der Waals surface area contributed by atoms with Crippen LogP contribution in [0.25, 0.3) is 5.82 Å². The Balaban J connectivity index is 2.25. The Morgan fingerprint density at radius 1 is 1.29 bits per heavy atom. The SMILES string of the molecule is O[C@@H](c1ccc(-n2cncn2)nc1)C(F)(F)F. The van der Waals surface area contributed by atoms with Crippen LogP contribution in [0.1, 0.15) is 11.7 Å². The summed E-state index contributed by atoms with van der Waals surface area (Å²) >= 11 is 0. The first-order valence-electron chi connectivity index (χ1n) is 4.54. The second-order valence-electron chi connectivity index (χ2n) is 3.23. The molecule has 1 N–H and O–H groups in total. The molecule has 0 aliphatic heterocycles. The topological polar surface area (TPSA) is 63.8 Å². The van der Waals surface area contributed by atoms with E-state index in [2.05, 4.69) is 15.1 Å². The van der Waals surface area contributed by atoms with Crippen molar-refractivity contribution in [2.75, 3.05) is 0 Å². The second kappa shape index (κ2) is 4.13. The van der Waals surface area contributed by atoms with Gasteiger partial charge in [-0.3, -0.25) is 0 Å². The van der Waals surface area contributed by atoms with Crippen molar-refractivity contribution < 1.29 is 18.3 Å². The summed E-state index contributed by atoms with van der Waals surface area (Å²) in [4.78, 5) is 7.43. The van der Waals surface area contributed by atoms with E-state index in [0.29, 0.717) is 5.82 Å². The van der Waals surface area contributed by atoms with Crippen LogP contribution in [0.15, 0.2) is 31.0 Å². The van der Waals surface area contributed by atoms with E-state index in [0.717, 1.165) is 12.3 Å². The lowest BCUT2D eigenvalue weighted by Crippen LogP contribution is -2.20. The van der Waals surface area contributed by atoms with E-state index in [1.54, 1.807) is 0 Å². The van der Waals surface area contributed by atoms with Crippen molar-refractivity contribution >= 4 is 0 Å². The number of rotatable bonds is 2. The van der Waals surface area contributed by atoms with Gasteiger partial charge in [-0.15, -0.1) is 0 Å². The first kappa shape index (κ1) is 11.5. The Kier molecular flexibility index (Phi) is 2.80. The van der Waals surface area contributed by atoms with Gasteiger partial charge < -0.3 is 5.11 Å². The molecule has 1 atom stereocenters. The molecule has 0 unspecified atom stereocenters. The summed E-state index contributed by atoms with van der Waals surface area (Å²) in [6, 6.07) is 2.46. The molecule has 0 aromatic carbocycles. The summed E-state index contributed by atoms with van der Waals surface area (Å²) in [5, 5.41) is 12.7. The molecule has 0 aliphatic rings. The summed E-state index contributed by atoms with van der Waals surface area (Å²) in [5.74, 6) is 0.320. The van der Waals surface area contributed by atoms with Gasteiger partial charge in [-0.05, 0) is 6.07 Å². The lowest BCUT2D eigenvalue weighted by Gasteiger charge is -2.14. The molecule has 0 radical (unpaired) electrons. The number of halogens is 3. The van der Waals surface area contributed by atoms with Crippen molar-refractivity contribution in [3.8, 4) is 5.82 Å². The largest absolute Gasteiger partial charge is 0.418 e. The highest BCUT2D eigenvalue weighted by molar-refractivity contribution is 5.25. The van der Waals surface area contributed by atoms with Gasteiger partial charge in [0.1, 0.15) is 12.7 Å². The summed E-state index contributed by atoms with van der Waals surface area (Å²) in [6.45, 7) is 0. The molecule has 5 nitrogen and oxygen atoms in total. The van der Waals surface area contributed by atoms with Gasteiger partial charge in [0.05, 0.1) is 0 Å². The van der Waals surface area contributed by atoms with Crippen LogP contribution in [0.2, 0.25) is 0 Å². The van der Waals surface area contributed by atoms with E-state index in [4.69, 9.17) is 5.11 Å². The summed E-state index contributed by atoms with van der Waals surface area (Å²) in [7, 11) is 0. The van der Waals surface area contributed by atoms with Gasteiger partial charge >= 0.3 is 6.18 Å². The lowest BCUT2D eigenvalue weighted by atomic mass is 10.1. The predicted molar refractivity (Wildman–Crippen MR) is 50.2 cm³/mol. The van der Waals surface area contributed by atoms with Crippen LogP contribution in [0, 0.1) is 0 Å². The zero-order valence-electron chi connectivity index (χ0n) is 8.33. The van der Waals surface area contributed by atoms with Crippen LogP contribution in [0.3, 0.4) is 0 Å². The van der Waals surface area contributed by atoms with Crippen molar-refractivity contribution in [1.82, 2.24) is 19.7 Å².